The third-order valence-corrected chi connectivity index (χ3v) is 6.22. The number of ether oxygens (including phenoxy) is 1. The van der Waals surface area contributed by atoms with E-state index in [9.17, 15) is 10.1 Å². The van der Waals surface area contributed by atoms with Crippen LogP contribution in [0.2, 0.25) is 0 Å². The quantitative estimate of drug-likeness (QED) is 0.650. The second-order valence-electron chi connectivity index (χ2n) is 8.09. The lowest BCUT2D eigenvalue weighted by molar-refractivity contribution is -0.131. The van der Waals surface area contributed by atoms with Gasteiger partial charge in [-0.1, -0.05) is 30.3 Å². The first-order chi connectivity index (χ1) is 15.1. The molecule has 4 N–H and O–H groups in total. The number of carbonyl (C=O) groups is 1. The Kier molecular flexibility index (Phi) is 4.98. The smallest absolute Gasteiger partial charge is 0.257 e. The van der Waals surface area contributed by atoms with Gasteiger partial charge in [0.05, 0.1) is 6.17 Å². The first-order valence-electron chi connectivity index (χ1n) is 10.4. The lowest BCUT2D eigenvalue weighted by Crippen LogP contribution is -2.67. The van der Waals surface area contributed by atoms with Gasteiger partial charge in [-0.3, -0.25) is 10.2 Å². The molecule has 158 valence electrons. The normalized spacial score (nSPS) is 27.4. The number of rotatable bonds is 4. The molecule has 0 aromatic heterocycles. The highest BCUT2D eigenvalue weighted by Gasteiger charge is 2.49. The highest BCUT2D eigenvalue weighted by Crippen LogP contribution is 2.40. The number of hydrogen-bond acceptors (Lipinski definition) is 7. The second kappa shape index (κ2) is 7.95. The van der Waals surface area contributed by atoms with Crippen molar-refractivity contribution in [1.82, 2.24) is 20.7 Å². The Morgan fingerprint density at radius 2 is 1.84 bits per heavy atom. The molecule has 4 atom stereocenters. The Morgan fingerprint density at radius 1 is 1.10 bits per heavy atom. The van der Waals surface area contributed by atoms with Crippen LogP contribution in [0.15, 0.2) is 60.8 Å². The molecule has 8 nitrogen and oxygen atoms in total. The molecule has 0 saturated carbocycles. The van der Waals surface area contributed by atoms with E-state index in [0.29, 0.717) is 13.1 Å². The van der Waals surface area contributed by atoms with Crippen molar-refractivity contribution in [3.63, 3.8) is 0 Å². The van der Waals surface area contributed by atoms with Gasteiger partial charge in [-0.15, -0.1) is 0 Å². The number of fused-ring (bicyclic) bond motifs is 1. The van der Waals surface area contributed by atoms with Crippen molar-refractivity contribution in [2.75, 3.05) is 13.1 Å². The summed E-state index contributed by atoms with van der Waals surface area (Å²) in [6, 6.07) is 17.2. The molecule has 1 amide bonds. The first kappa shape index (κ1) is 19.4. The number of nitrogens with one attached hydrogen (secondary N) is 2. The molecule has 3 unspecified atom stereocenters. The SMILES string of the molecule is N#CN1CC[C@@H](N2C=C(c3ccc(Oc4ccccc4)cc3)C3C(N)NNC(=O)C32)C1. The van der Waals surface area contributed by atoms with E-state index in [1.54, 1.807) is 4.90 Å². The van der Waals surface area contributed by atoms with Crippen LogP contribution in [0.25, 0.3) is 5.57 Å². The molecule has 2 fully saturated rings. The fraction of sp³-hybridized carbons (Fsp3) is 0.304. The predicted octanol–water partition coefficient (Wildman–Crippen LogP) is 1.59. The summed E-state index contributed by atoms with van der Waals surface area (Å²) in [5.74, 6) is 1.23. The number of nitriles is 1. The van der Waals surface area contributed by atoms with Crippen LogP contribution >= 0.6 is 0 Å². The Hall–Kier alpha value is -3.54. The molecule has 0 spiro atoms. The van der Waals surface area contributed by atoms with Gasteiger partial charge in [0, 0.05) is 31.2 Å². The average Bonchev–Trinajstić information content (AvgIpc) is 3.43. The number of hydrogen-bond donors (Lipinski definition) is 3. The largest absolute Gasteiger partial charge is 0.457 e. The standard InChI is InChI=1S/C23H24N6O2/c24-14-28-11-10-16(12-28)29-13-19(20-21(29)23(30)27-26-22(20)25)15-6-8-18(9-7-15)31-17-4-2-1-3-5-17/h1-9,13,16,20-22,26H,10-12,25H2,(H,27,30)/t16-,20?,21?,22?/m1/s1. The number of benzene rings is 2. The summed E-state index contributed by atoms with van der Waals surface area (Å²) in [7, 11) is 0. The van der Waals surface area contributed by atoms with Gasteiger partial charge in [-0.2, -0.15) is 5.26 Å². The number of likely N-dealkylation sites (tertiary alicyclic amines) is 1. The molecule has 3 heterocycles. The highest BCUT2D eigenvalue weighted by molar-refractivity contribution is 5.89. The van der Waals surface area contributed by atoms with Crippen LogP contribution in [0, 0.1) is 17.4 Å². The maximum absolute atomic E-state index is 12.8. The monoisotopic (exact) mass is 416 g/mol. The molecule has 5 rings (SSSR count). The van der Waals surface area contributed by atoms with E-state index >= 15 is 0 Å². The van der Waals surface area contributed by atoms with E-state index < -0.39 is 12.2 Å². The van der Waals surface area contributed by atoms with Gasteiger partial charge in [0.1, 0.15) is 17.5 Å². The van der Waals surface area contributed by atoms with Crippen molar-refractivity contribution in [3.05, 3.63) is 66.4 Å². The number of nitrogens with zero attached hydrogens (tertiary/aromatic N) is 3. The van der Waals surface area contributed by atoms with Gasteiger partial charge < -0.3 is 20.3 Å². The van der Waals surface area contributed by atoms with Crippen LogP contribution in [0.4, 0.5) is 0 Å². The molecule has 2 aromatic rings. The maximum Gasteiger partial charge on any atom is 0.257 e. The minimum absolute atomic E-state index is 0.0985. The Bertz CT molecular complexity index is 1030. The number of carbonyl (C=O) groups excluding carboxylic acids is 1. The van der Waals surface area contributed by atoms with Crippen LogP contribution in [0.1, 0.15) is 12.0 Å². The van der Waals surface area contributed by atoms with Crippen molar-refractivity contribution in [1.29, 1.82) is 5.26 Å². The predicted molar refractivity (Wildman–Crippen MR) is 115 cm³/mol. The second-order valence-corrected chi connectivity index (χ2v) is 8.09. The van der Waals surface area contributed by atoms with Crippen LogP contribution in [0.5, 0.6) is 11.5 Å². The maximum atomic E-state index is 12.8. The van der Waals surface area contributed by atoms with Crippen LogP contribution < -0.4 is 21.3 Å². The van der Waals surface area contributed by atoms with Gasteiger partial charge in [-0.25, -0.2) is 5.43 Å². The molecule has 3 aliphatic rings. The summed E-state index contributed by atoms with van der Waals surface area (Å²) in [4.78, 5) is 16.6. The Balaban J connectivity index is 1.43. The molecular weight excluding hydrogens is 392 g/mol. The molecule has 3 aliphatic heterocycles. The third kappa shape index (κ3) is 3.58. The van der Waals surface area contributed by atoms with Gasteiger partial charge in [-0.05, 0) is 41.8 Å². The topological polar surface area (TPSA) is 107 Å². The number of para-hydroxylation sites is 1. The molecule has 8 heteroatoms. The summed E-state index contributed by atoms with van der Waals surface area (Å²) >= 11 is 0. The van der Waals surface area contributed by atoms with Gasteiger partial charge >= 0.3 is 0 Å². The van der Waals surface area contributed by atoms with Crippen molar-refractivity contribution >= 4 is 11.5 Å². The number of nitrogens with two attached hydrogens (primary N) is 1. The van der Waals surface area contributed by atoms with E-state index in [-0.39, 0.29) is 17.9 Å². The molecule has 2 aromatic carbocycles. The van der Waals surface area contributed by atoms with E-state index in [1.807, 2.05) is 54.6 Å². The summed E-state index contributed by atoms with van der Waals surface area (Å²) < 4.78 is 5.90. The molecule has 0 bridgehead atoms. The zero-order valence-corrected chi connectivity index (χ0v) is 16.9. The lowest BCUT2D eigenvalue weighted by atomic mass is 9.86. The van der Waals surface area contributed by atoms with Crippen LogP contribution in [-0.2, 0) is 4.79 Å². The van der Waals surface area contributed by atoms with Crippen molar-refractivity contribution < 1.29 is 9.53 Å². The molecule has 0 aliphatic carbocycles. The van der Waals surface area contributed by atoms with E-state index in [1.165, 1.54) is 0 Å². The fourth-order valence-corrected chi connectivity index (χ4v) is 4.70. The fourth-order valence-electron chi connectivity index (χ4n) is 4.70. The zero-order chi connectivity index (χ0) is 21.4. The first-order valence-corrected chi connectivity index (χ1v) is 10.4. The number of amides is 1. The van der Waals surface area contributed by atoms with Crippen molar-refractivity contribution in [3.8, 4) is 17.7 Å². The molecule has 2 saturated heterocycles. The summed E-state index contributed by atoms with van der Waals surface area (Å²) in [5.41, 5.74) is 14.0. The third-order valence-electron chi connectivity index (χ3n) is 6.22. The van der Waals surface area contributed by atoms with Gasteiger partial charge in [0.2, 0.25) is 0 Å². The minimum atomic E-state index is -0.410. The zero-order valence-electron chi connectivity index (χ0n) is 16.9. The van der Waals surface area contributed by atoms with Crippen molar-refractivity contribution in [2.45, 2.75) is 24.7 Å². The van der Waals surface area contributed by atoms with E-state index in [4.69, 9.17) is 10.5 Å². The molecule has 31 heavy (non-hydrogen) atoms. The average molecular weight is 416 g/mol. The highest BCUT2D eigenvalue weighted by atomic mass is 16.5. The summed E-state index contributed by atoms with van der Waals surface area (Å²) in [5, 5.41) is 9.24. The van der Waals surface area contributed by atoms with Crippen LogP contribution in [0.3, 0.4) is 0 Å². The summed E-state index contributed by atoms with van der Waals surface area (Å²) in [6.07, 6.45) is 4.69. The molecule has 0 radical (unpaired) electrons. The van der Waals surface area contributed by atoms with Gasteiger partial charge in [0.15, 0.2) is 6.19 Å². The summed E-state index contributed by atoms with van der Waals surface area (Å²) in [6.45, 7) is 1.32. The van der Waals surface area contributed by atoms with E-state index in [2.05, 4.69) is 28.1 Å². The van der Waals surface area contributed by atoms with Crippen LogP contribution in [-0.4, -0.2) is 47.0 Å². The molecular formula is C23H24N6O2. The van der Waals surface area contributed by atoms with Gasteiger partial charge in [0.25, 0.3) is 5.91 Å². The van der Waals surface area contributed by atoms with E-state index in [0.717, 1.165) is 29.1 Å². The Morgan fingerprint density at radius 3 is 2.55 bits per heavy atom. The van der Waals surface area contributed by atoms with Crippen molar-refractivity contribution in [2.24, 2.45) is 11.7 Å². The minimum Gasteiger partial charge on any atom is -0.457 e. The Labute approximate surface area is 180 Å². The lowest BCUT2D eigenvalue weighted by Gasteiger charge is -2.39. The number of hydrazine groups is 1.